The molecule has 0 amide bonds. The molecule has 3 saturated heterocycles. The molecule has 1 aromatic heterocycles. The van der Waals surface area contributed by atoms with E-state index in [1.807, 2.05) is 11.8 Å². The summed E-state index contributed by atoms with van der Waals surface area (Å²) < 4.78 is 11.3. The molecule has 1 aromatic rings. The fourth-order valence-electron chi connectivity index (χ4n) is 3.17. The monoisotopic (exact) mass is 267 g/mol. The maximum absolute atomic E-state index is 5.85. The number of aromatic nitrogens is 2. The Hall–Kier alpha value is -0.590. The average molecular weight is 267 g/mol. The Morgan fingerprint density at radius 2 is 2.33 bits per heavy atom. The molecule has 18 heavy (non-hydrogen) atoms. The third-order valence-electron chi connectivity index (χ3n) is 4.11. The van der Waals surface area contributed by atoms with Crippen LogP contribution in [0.3, 0.4) is 0 Å². The van der Waals surface area contributed by atoms with E-state index in [9.17, 15) is 0 Å². The van der Waals surface area contributed by atoms with Crippen molar-refractivity contribution in [2.45, 2.75) is 43.4 Å². The summed E-state index contributed by atoms with van der Waals surface area (Å²) in [5.74, 6) is 4.15. The van der Waals surface area contributed by atoms with Crippen molar-refractivity contribution in [3.05, 3.63) is 11.7 Å². The summed E-state index contributed by atoms with van der Waals surface area (Å²) in [4.78, 5) is 4.60. The Bertz CT molecular complexity index is 433. The minimum absolute atomic E-state index is 0.226. The Balaban J connectivity index is 1.51. The van der Waals surface area contributed by atoms with E-state index in [1.54, 1.807) is 0 Å². The predicted octanol–water partition coefficient (Wildman–Crippen LogP) is 1.48. The standard InChI is InChI=1S/C12H17N3O2S/c1-2-10-8(5-7(1)16-10)11-14-12(17-15-11)9-6-18-4-3-13-9/h7-10,13H,1-6H2. The van der Waals surface area contributed by atoms with E-state index in [1.165, 1.54) is 6.42 Å². The van der Waals surface area contributed by atoms with Gasteiger partial charge in [0.25, 0.3) is 0 Å². The molecule has 2 bridgehead atoms. The van der Waals surface area contributed by atoms with Gasteiger partial charge in [-0.15, -0.1) is 0 Å². The molecular weight excluding hydrogens is 250 g/mol. The number of thioether (sulfide) groups is 1. The molecule has 3 aliphatic rings. The molecular formula is C12H17N3O2S. The first-order valence-electron chi connectivity index (χ1n) is 6.70. The van der Waals surface area contributed by atoms with Gasteiger partial charge in [0.2, 0.25) is 5.89 Å². The zero-order valence-corrected chi connectivity index (χ0v) is 11.0. The number of hydrogen-bond acceptors (Lipinski definition) is 6. The first-order valence-corrected chi connectivity index (χ1v) is 7.86. The van der Waals surface area contributed by atoms with Crippen molar-refractivity contribution in [2.75, 3.05) is 18.1 Å². The molecule has 0 spiro atoms. The molecule has 3 aliphatic heterocycles. The van der Waals surface area contributed by atoms with Crippen LogP contribution in [-0.4, -0.2) is 40.4 Å². The lowest BCUT2D eigenvalue weighted by atomic mass is 9.89. The van der Waals surface area contributed by atoms with Crippen molar-refractivity contribution < 1.29 is 9.26 Å². The molecule has 4 heterocycles. The molecule has 0 aliphatic carbocycles. The second-order valence-corrected chi connectivity index (χ2v) is 6.44. The minimum atomic E-state index is 0.226. The van der Waals surface area contributed by atoms with Crippen LogP contribution in [0.2, 0.25) is 0 Å². The number of nitrogens with one attached hydrogen (secondary N) is 1. The molecule has 98 valence electrons. The lowest BCUT2D eigenvalue weighted by Crippen LogP contribution is -2.30. The zero-order valence-electron chi connectivity index (χ0n) is 10.2. The second-order valence-electron chi connectivity index (χ2n) is 5.29. The summed E-state index contributed by atoms with van der Waals surface area (Å²) >= 11 is 1.94. The van der Waals surface area contributed by atoms with Gasteiger partial charge in [-0.3, -0.25) is 0 Å². The topological polar surface area (TPSA) is 60.2 Å². The van der Waals surface area contributed by atoms with E-state index in [0.29, 0.717) is 18.1 Å². The number of ether oxygens (including phenoxy) is 1. The minimum Gasteiger partial charge on any atom is -0.374 e. The van der Waals surface area contributed by atoms with Gasteiger partial charge in [0.15, 0.2) is 5.82 Å². The summed E-state index contributed by atoms with van der Waals surface area (Å²) in [7, 11) is 0. The van der Waals surface area contributed by atoms with E-state index in [-0.39, 0.29) is 6.04 Å². The number of nitrogens with zero attached hydrogens (tertiary/aromatic N) is 2. The first-order chi connectivity index (χ1) is 8.90. The van der Waals surface area contributed by atoms with Gasteiger partial charge in [0.1, 0.15) is 0 Å². The first kappa shape index (κ1) is 11.3. The third kappa shape index (κ3) is 1.87. The molecule has 6 heteroatoms. The van der Waals surface area contributed by atoms with Crippen LogP contribution < -0.4 is 5.32 Å². The smallest absolute Gasteiger partial charge is 0.244 e. The van der Waals surface area contributed by atoms with E-state index in [2.05, 4.69) is 15.5 Å². The van der Waals surface area contributed by atoms with Crippen LogP contribution in [0.4, 0.5) is 0 Å². The van der Waals surface area contributed by atoms with Crippen LogP contribution in [-0.2, 0) is 4.74 Å². The van der Waals surface area contributed by atoms with Gasteiger partial charge in [0, 0.05) is 18.1 Å². The van der Waals surface area contributed by atoms with Gasteiger partial charge in [0.05, 0.1) is 24.2 Å². The lowest BCUT2D eigenvalue weighted by molar-refractivity contribution is 0.0996. The highest BCUT2D eigenvalue weighted by Gasteiger charge is 2.43. The molecule has 4 unspecified atom stereocenters. The van der Waals surface area contributed by atoms with Gasteiger partial charge in [-0.05, 0) is 19.3 Å². The summed E-state index contributed by atoms with van der Waals surface area (Å²) in [6.45, 7) is 1.02. The lowest BCUT2D eigenvalue weighted by Gasteiger charge is -2.19. The van der Waals surface area contributed by atoms with Crippen LogP contribution in [0.15, 0.2) is 4.52 Å². The normalized spacial score (nSPS) is 39.3. The zero-order chi connectivity index (χ0) is 11.9. The van der Waals surface area contributed by atoms with Crippen LogP contribution in [0.5, 0.6) is 0 Å². The van der Waals surface area contributed by atoms with Crippen molar-refractivity contribution in [3.63, 3.8) is 0 Å². The van der Waals surface area contributed by atoms with Crippen LogP contribution >= 0.6 is 11.8 Å². The Labute approximate surface area is 110 Å². The van der Waals surface area contributed by atoms with E-state index >= 15 is 0 Å². The van der Waals surface area contributed by atoms with Crippen LogP contribution in [0, 0.1) is 0 Å². The maximum Gasteiger partial charge on any atom is 0.244 e. The molecule has 0 radical (unpaired) electrons. The summed E-state index contributed by atoms with van der Waals surface area (Å²) in [6.07, 6.45) is 4.18. The summed E-state index contributed by atoms with van der Waals surface area (Å²) in [5.41, 5.74) is 0. The molecule has 0 saturated carbocycles. The average Bonchev–Trinajstić information content (AvgIpc) is 3.15. The van der Waals surface area contributed by atoms with Gasteiger partial charge in [-0.25, -0.2) is 0 Å². The van der Waals surface area contributed by atoms with Crippen LogP contribution in [0.1, 0.15) is 42.9 Å². The number of rotatable bonds is 2. The summed E-state index contributed by atoms with van der Waals surface area (Å²) in [5, 5.41) is 7.60. The summed E-state index contributed by atoms with van der Waals surface area (Å²) in [6, 6.07) is 0.226. The fourth-order valence-corrected chi connectivity index (χ4v) is 4.10. The Kier molecular flexibility index (Phi) is 2.82. The second kappa shape index (κ2) is 4.51. The molecule has 4 rings (SSSR count). The molecule has 5 nitrogen and oxygen atoms in total. The quantitative estimate of drug-likeness (QED) is 0.876. The van der Waals surface area contributed by atoms with Crippen molar-refractivity contribution in [3.8, 4) is 0 Å². The molecule has 3 fully saturated rings. The Morgan fingerprint density at radius 1 is 1.33 bits per heavy atom. The number of fused-ring (bicyclic) bond motifs is 2. The number of hydrogen-bond donors (Lipinski definition) is 1. The van der Waals surface area contributed by atoms with Crippen molar-refractivity contribution in [2.24, 2.45) is 0 Å². The highest BCUT2D eigenvalue weighted by molar-refractivity contribution is 7.99. The third-order valence-corrected chi connectivity index (χ3v) is 5.18. The van der Waals surface area contributed by atoms with Gasteiger partial charge in [-0.1, -0.05) is 5.16 Å². The van der Waals surface area contributed by atoms with E-state index in [4.69, 9.17) is 9.26 Å². The SMILES string of the molecule is C1CSCC(c2nc(C3CC4CCC3O4)no2)N1. The van der Waals surface area contributed by atoms with Crippen LogP contribution in [0.25, 0.3) is 0 Å². The van der Waals surface area contributed by atoms with Crippen molar-refractivity contribution >= 4 is 11.8 Å². The Morgan fingerprint density at radius 3 is 3.06 bits per heavy atom. The molecule has 4 atom stereocenters. The highest BCUT2D eigenvalue weighted by Crippen LogP contribution is 2.43. The fraction of sp³-hybridized carbons (Fsp3) is 0.833. The van der Waals surface area contributed by atoms with Gasteiger partial charge in [-0.2, -0.15) is 16.7 Å². The largest absolute Gasteiger partial charge is 0.374 e. The van der Waals surface area contributed by atoms with Gasteiger partial charge >= 0.3 is 0 Å². The highest BCUT2D eigenvalue weighted by atomic mass is 32.2. The predicted molar refractivity (Wildman–Crippen MR) is 67.6 cm³/mol. The van der Waals surface area contributed by atoms with E-state index in [0.717, 1.165) is 42.6 Å². The molecule has 1 N–H and O–H groups in total. The van der Waals surface area contributed by atoms with Gasteiger partial charge < -0.3 is 14.6 Å². The van der Waals surface area contributed by atoms with Crippen molar-refractivity contribution in [1.29, 1.82) is 0 Å². The maximum atomic E-state index is 5.85. The van der Waals surface area contributed by atoms with Crippen molar-refractivity contribution in [1.82, 2.24) is 15.5 Å². The van der Waals surface area contributed by atoms with E-state index < -0.39 is 0 Å². The molecule has 0 aromatic carbocycles.